The smallest absolute Gasteiger partial charge is 0.145 e. The number of nitrogens with one attached hydrogen (secondary N) is 1. The Labute approximate surface area is 134 Å². The van der Waals surface area contributed by atoms with Crippen molar-refractivity contribution in [1.29, 1.82) is 5.26 Å². The summed E-state index contributed by atoms with van der Waals surface area (Å²) in [5.74, 6) is 0.717. The van der Waals surface area contributed by atoms with Gasteiger partial charge in [-0.1, -0.05) is 0 Å². The molecule has 7 heteroatoms. The van der Waals surface area contributed by atoms with Crippen LogP contribution in [-0.2, 0) is 6.42 Å². The Morgan fingerprint density at radius 2 is 2.27 bits per heavy atom. The van der Waals surface area contributed by atoms with Gasteiger partial charge in [-0.2, -0.15) is 10.4 Å². The number of pyridine rings is 1. The first-order valence-corrected chi connectivity index (χ1v) is 8.14. The summed E-state index contributed by atoms with van der Waals surface area (Å²) < 4.78 is 0. The second-order valence-corrected chi connectivity index (χ2v) is 5.24. The van der Waals surface area contributed by atoms with Gasteiger partial charge < -0.3 is 5.32 Å². The quantitative estimate of drug-likeness (QED) is 0.841. The number of rotatable bonds is 5. The first-order chi connectivity index (χ1) is 10.8. The van der Waals surface area contributed by atoms with Crippen molar-refractivity contribution in [3.05, 3.63) is 41.5 Å². The highest BCUT2D eigenvalue weighted by atomic mass is 32.2. The van der Waals surface area contributed by atoms with Crippen molar-refractivity contribution in [2.75, 3.05) is 19.5 Å². The predicted octanol–water partition coefficient (Wildman–Crippen LogP) is 1.99. The molecule has 2 heterocycles. The molecule has 0 saturated carbocycles. The number of thioether (sulfide) groups is 1. The molecule has 1 aliphatic rings. The molecule has 0 atom stereocenters. The van der Waals surface area contributed by atoms with Crippen molar-refractivity contribution in [3.63, 3.8) is 0 Å². The van der Waals surface area contributed by atoms with E-state index in [0.717, 1.165) is 11.5 Å². The molecule has 22 heavy (non-hydrogen) atoms. The second-order valence-electron chi connectivity index (χ2n) is 4.45. The second kappa shape index (κ2) is 8.20. The lowest BCUT2D eigenvalue weighted by molar-refractivity contribution is 0.343. The molecule has 0 saturated heterocycles. The van der Waals surface area contributed by atoms with Gasteiger partial charge in [0.1, 0.15) is 29.2 Å². The lowest BCUT2D eigenvalue weighted by Crippen LogP contribution is -2.35. The van der Waals surface area contributed by atoms with Gasteiger partial charge in [0.25, 0.3) is 0 Å². The molecule has 0 radical (unpaired) electrons. The van der Waals surface area contributed by atoms with Crippen LogP contribution in [0.15, 0.2) is 46.0 Å². The molecule has 1 aromatic heterocycles. The van der Waals surface area contributed by atoms with E-state index in [1.807, 2.05) is 25.3 Å². The molecule has 0 amide bonds. The molecule has 0 unspecified atom stereocenters. The Kier molecular flexibility index (Phi) is 5.98. The molecule has 0 bridgehead atoms. The predicted molar refractivity (Wildman–Crippen MR) is 90.4 cm³/mol. The maximum atomic E-state index is 9.44. The summed E-state index contributed by atoms with van der Waals surface area (Å²) >= 11 is 1.47. The number of hydrazone groups is 1. The number of nitrogens with zero attached hydrogens (tertiary/aromatic N) is 5. The maximum Gasteiger partial charge on any atom is 0.145 e. The molecular formula is C15H18N6S. The van der Waals surface area contributed by atoms with Crippen LogP contribution < -0.4 is 5.32 Å². The Morgan fingerprint density at radius 3 is 2.91 bits per heavy atom. The van der Waals surface area contributed by atoms with Gasteiger partial charge in [-0.15, -0.1) is 11.8 Å². The topological polar surface area (TPSA) is 76.7 Å². The zero-order valence-electron chi connectivity index (χ0n) is 12.7. The van der Waals surface area contributed by atoms with Crippen LogP contribution in [-0.4, -0.2) is 40.7 Å². The summed E-state index contributed by atoms with van der Waals surface area (Å²) in [5.41, 5.74) is 1.74. The highest BCUT2D eigenvalue weighted by molar-refractivity contribution is 8.13. The Balaban J connectivity index is 2.13. The fourth-order valence-corrected chi connectivity index (χ4v) is 2.60. The van der Waals surface area contributed by atoms with E-state index in [2.05, 4.69) is 26.5 Å². The van der Waals surface area contributed by atoms with Crippen LogP contribution in [0.5, 0.6) is 0 Å². The molecule has 0 aromatic carbocycles. The van der Waals surface area contributed by atoms with Gasteiger partial charge in [0.15, 0.2) is 0 Å². The summed E-state index contributed by atoms with van der Waals surface area (Å²) in [7, 11) is 0. The zero-order chi connectivity index (χ0) is 15.8. The monoisotopic (exact) mass is 314 g/mol. The summed E-state index contributed by atoms with van der Waals surface area (Å²) in [5, 5.41) is 19.5. The van der Waals surface area contributed by atoms with Crippen molar-refractivity contribution >= 4 is 23.0 Å². The first-order valence-electron chi connectivity index (χ1n) is 6.92. The van der Waals surface area contributed by atoms with Crippen LogP contribution >= 0.6 is 11.8 Å². The number of nitriles is 1. The van der Waals surface area contributed by atoms with Crippen LogP contribution in [0.1, 0.15) is 12.5 Å². The molecule has 0 spiro atoms. The minimum Gasteiger partial charge on any atom is -0.369 e. The van der Waals surface area contributed by atoms with E-state index in [1.54, 1.807) is 23.6 Å². The van der Waals surface area contributed by atoms with Crippen molar-refractivity contribution < 1.29 is 0 Å². The van der Waals surface area contributed by atoms with E-state index in [1.165, 1.54) is 17.3 Å². The van der Waals surface area contributed by atoms with Gasteiger partial charge in [-0.3, -0.25) is 9.98 Å². The van der Waals surface area contributed by atoms with Gasteiger partial charge in [0.2, 0.25) is 0 Å². The summed E-state index contributed by atoms with van der Waals surface area (Å²) in [4.78, 5) is 8.39. The van der Waals surface area contributed by atoms with Crippen LogP contribution in [0.2, 0.25) is 0 Å². The third-order valence-corrected chi connectivity index (χ3v) is 3.79. The molecule has 1 N–H and O–H groups in total. The zero-order valence-corrected chi connectivity index (χ0v) is 13.5. The van der Waals surface area contributed by atoms with E-state index in [4.69, 9.17) is 0 Å². The number of hydrogen-bond donors (Lipinski definition) is 1. The van der Waals surface area contributed by atoms with E-state index in [9.17, 15) is 5.26 Å². The average molecular weight is 314 g/mol. The standard InChI is InChI=1S/C15H18N6S/c1-3-20-21-11-19-15(22-2)13(10-16)14(21)18-9-6-12-4-7-17-8-5-12/h3-5,7-8,18H,6,9,11H2,1-2H3/b20-3-. The highest BCUT2D eigenvalue weighted by Crippen LogP contribution is 2.20. The van der Waals surface area contributed by atoms with Gasteiger partial charge in [-0.25, -0.2) is 5.01 Å². The lowest BCUT2D eigenvalue weighted by Gasteiger charge is -2.26. The van der Waals surface area contributed by atoms with Gasteiger partial charge >= 0.3 is 0 Å². The molecule has 2 rings (SSSR count). The van der Waals surface area contributed by atoms with Crippen LogP contribution in [0.3, 0.4) is 0 Å². The summed E-state index contributed by atoms with van der Waals surface area (Å²) in [6, 6.07) is 6.20. The molecular weight excluding hydrogens is 296 g/mol. The lowest BCUT2D eigenvalue weighted by atomic mass is 10.2. The van der Waals surface area contributed by atoms with Crippen molar-refractivity contribution in [2.45, 2.75) is 13.3 Å². The van der Waals surface area contributed by atoms with Crippen molar-refractivity contribution in [3.8, 4) is 6.07 Å². The van der Waals surface area contributed by atoms with Gasteiger partial charge in [-0.05, 0) is 37.3 Å². The van der Waals surface area contributed by atoms with Crippen molar-refractivity contribution in [1.82, 2.24) is 15.3 Å². The molecule has 1 aliphatic heterocycles. The third-order valence-electron chi connectivity index (χ3n) is 3.07. The SMILES string of the molecule is C/C=N\N1CN=C(SC)C(C#N)=C1NCCc1ccncc1. The van der Waals surface area contributed by atoms with Crippen LogP contribution in [0, 0.1) is 11.3 Å². The van der Waals surface area contributed by atoms with E-state index in [-0.39, 0.29) is 0 Å². The first kappa shape index (κ1) is 16.0. The third kappa shape index (κ3) is 3.86. The molecule has 114 valence electrons. The fraction of sp³-hybridized carbons (Fsp3) is 0.333. The number of aliphatic imine (C=N–C) groups is 1. The highest BCUT2D eigenvalue weighted by Gasteiger charge is 2.22. The largest absolute Gasteiger partial charge is 0.369 e. The number of hydrogen-bond acceptors (Lipinski definition) is 7. The van der Waals surface area contributed by atoms with Gasteiger partial charge in [0, 0.05) is 25.2 Å². The minimum absolute atomic E-state index is 0.420. The summed E-state index contributed by atoms with van der Waals surface area (Å²) in [6.45, 7) is 2.97. The Hall–Kier alpha value is -2.33. The maximum absolute atomic E-state index is 9.44. The normalized spacial score (nSPS) is 15.0. The Morgan fingerprint density at radius 1 is 1.50 bits per heavy atom. The average Bonchev–Trinajstić information content (AvgIpc) is 2.56. The molecule has 1 aromatic rings. The van der Waals surface area contributed by atoms with Crippen molar-refractivity contribution in [2.24, 2.45) is 10.1 Å². The van der Waals surface area contributed by atoms with E-state index >= 15 is 0 Å². The van der Waals surface area contributed by atoms with E-state index in [0.29, 0.717) is 24.6 Å². The Bertz CT molecular complexity index is 629. The van der Waals surface area contributed by atoms with E-state index < -0.39 is 0 Å². The number of aromatic nitrogens is 1. The molecule has 0 fully saturated rings. The summed E-state index contributed by atoms with van der Waals surface area (Å²) in [6.07, 6.45) is 8.02. The van der Waals surface area contributed by atoms with Gasteiger partial charge in [0.05, 0.1) is 0 Å². The van der Waals surface area contributed by atoms with Crippen LogP contribution in [0.25, 0.3) is 0 Å². The van der Waals surface area contributed by atoms with Crippen LogP contribution in [0.4, 0.5) is 0 Å². The molecule has 6 nitrogen and oxygen atoms in total. The minimum atomic E-state index is 0.420. The molecule has 0 aliphatic carbocycles. The fourth-order valence-electron chi connectivity index (χ4n) is 2.07.